The molecular weight excluding hydrogens is 328 g/mol. The molecule has 0 spiro atoms. The number of fused-ring (bicyclic) bond motifs is 1. The smallest absolute Gasteiger partial charge is 0.312 e. The van der Waals surface area contributed by atoms with Gasteiger partial charge in [0.05, 0.1) is 0 Å². The van der Waals surface area contributed by atoms with E-state index in [1.54, 1.807) is 23.1 Å². The van der Waals surface area contributed by atoms with Gasteiger partial charge in [0.1, 0.15) is 17.3 Å². The van der Waals surface area contributed by atoms with E-state index in [1.165, 1.54) is 6.07 Å². The van der Waals surface area contributed by atoms with Crippen molar-refractivity contribution < 1.29 is 18.4 Å². The first-order valence-electron chi connectivity index (χ1n) is 7.95. The zero-order chi connectivity index (χ0) is 18.0. The topological polar surface area (TPSA) is 61.4 Å². The minimum absolute atomic E-state index is 0.0727. The highest BCUT2D eigenvalue weighted by Gasteiger charge is 2.23. The van der Waals surface area contributed by atoms with Crippen molar-refractivity contribution in [3.8, 4) is 0 Å². The van der Waals surface area contributed by atoms with Crippen molar-refractivity contribution >= 4 is 29.0 Å². The second-order valence-electron chi connectivity index (χ2n) is 5.66. The Hall–Kier alpha value is -2.96. The predicted molar refractivity (Wildman–Crippen MR) is 91.8 cm³/mol. The minimum atomic E-state index is -0.849. The van der Waals surface area contributed by atoms with Crippen LogP contribution in [0.25, 0.3) is 0 Å². The molecule has 0 unspecified atom stereocenters. The van der Waals surface area contributed by atoms with Gasteiger partial charge >= 0.3 is 6.03 Å². The SMILES string of the molecule is CCN1C(=O)CCc2cc(NC(=O)Nc3c(F)cccc3F)ccc21. The highest BCUT2D eigenvalue weighted by atomic mass is 19.1. The third kappa shape index (κ3) is 3.45. The average molecular weight is 345 g/mol. The normalized spacial score (nSPS) is 13.4. The van der Waals surface area contributed by atoms with Crippen LogP contribution in [-0.2, 0) is 11.2 Å². The highest BCUT2D eigenvalue weighted by molar-refractivity contribution is 6.01. The quantitative estimate of drug-likeness (QED) is 0.886. The standard InChI is InChI=1S/C18H17F2N3O2/c1-2-23-15-8-7-12(10-11(15)6-9-16(23)24)21-18(25)22-17-13(19)4-3-5-14(17)20/h3-5,7-8,10H,2,6,9H2,1H3,(H2,21,22,25). The Kier molecular flexibility index (Phi) is 4.65. The average Bonchev–Trinajstić information content (AvgIpc) is 2.58. The first-order valence-corrected chi connectivity index (χ1v) is 7.95. The molecule has 25 heavy (non-hydrogen) atoms. The number of anilines is 3. The van der Waals surface area contributed by atoms with Crippen LogP contribution in [0, 0.1) is 11.6 Å². The van der Waals surface area contributed by atoms with Gasteiger partial charge in [0.25, 0.3) is 0 Å². The molecule has 0 fully saturated rings. The van der Waals surface area contributed by atoms with E-state index in [0.29, 0.717) is 25.1 Å². The molecule has 0 saturated heterocycles. The molecule has 1 aliphatic heterocycles. The van der Waals surface area contributed by atoms with Crippen LogP contribution in [0.2, 0.25) is 0 Å². The van der Waals surface area contributed by atoms with Crippen molar-refractivity contribution in [2.75, 3.05) is 22.1 Å². The number of hydrogen-bond donors (Lipinski definition) is 2. The minimum Gasteiger partial charge on any atom is -0.312 e. The molecule has 2 aromatic rings. The van der Waals surface area contributed by atoms with Crippen LogP contribution < -0.4 is 15.5 Å². The zero-order valence-electron chi connectivity index (χ0n) is 13.6. The monoisotopic (exact) mass is 345 g/mol. The molecule has 0 radical (unpaired) electrons. The predicted octanol–water partition coefficient (Wildman–Crippen LogP) is 3.91. The van der Waals surface area contributed by atoms with Crippen LogP contribution in [-0.4, -0.2) is 18.5 Å². The molecular formula is C18H17F2N3O2. The Bertz CT molecular complexity index is 819. The lowest BCUT2D eigenvalue weighted by Gasteiger charge is -2.28. The van der Waals surface area contributed by atoms with Crippen LogP contribution in [0.4, 0.5) is 30.6 Å². The summed E-state index contributed by atoms with van der Waals surface area (Å²) in [6.07, 6.45) is 1.00. The lowest BCUT2D eigenvalue weighted by atomic mass is 10.0. The van der Waals surface area contributed by atoms with Crippen LogP contribution in [0.1, 0.15) is 18.9 Å². The number of carbonyl (C=O) groups is 2. The van der Waals surface area contributed by atoms with Gasteiger partial charge < -0.3 is 15.5 Å². The lowest BCUT2D eigenvalue weighted by Crippen LogP contribution is -2.34. The van der Waals surface area contributed by atoms with Gasteiger partial charge in [0, 0.05) is 24.3 Å². The number of halogens is 2. The van der Waals surface area contributed by atoms with Gasteiger partial charge in [0.15, 0.2) is 0 Å². The van der Waals surface area contributed by atoms with E-state index in [2.05, 4.69) is 10.6 Å². The molecule has 5 nitrogen and oxygen atoms in total. The summed E-state index contributed by atoms with van der Waals surface area (Å²) in [6, 6.07) is 7.77. The number of nitrogens with one attached hydrogen (secondary N) is 2. The van der Waals surface area contributed by atoms with E-state index < -0.39 is 23.4 Å². The summed E-state index contributed by atoms with van der Waals surface area (Å²) in [4.78, 5) is 25.6. The molecule has 0 aromatic heterocycles. The van der Waals surface area contributed by atoms with E-state index in [-0.39, 0.29) is 5.91 Å². The van der Waals surface area contributed by atoms with Gasteiger partial charge in [0.2, 0.25) is 5.91 Å². The van der Waals surface area contributed by atoms with Gasteiger partial charge in [-0.1, -0.05) is 6.07 Å². The number of carbonyl (C=O) groups excluding carboxylic acids is 2. The van der Waals surface area contributed by atoms with Crippen LogP contribution in [0.15, 0.2) is 36.4 Å². The van der Waals surface area contributed by atoms with E-state index in [0.717, 1.165) is 23.4 Å². The summed E-state index contributed by atoms with van der Waals surface area (Å²) >= 11 is 0. The summed E-state index contributed by atoms with van der Waals surface area (Å²) < 4.78 is 27.1. The fourth-order valence-electron chi connectivity index (χ4n) is 2.88. The Balaban J connectivity index is 1.76. The van der Waals surface area contributed by atoms with Crippen LogP contribution in [0.3, 0.4) is 0 Å². The van der Waals surface area contributed by atoms with E-state index in [1.807, 2.05) is 6.92 Å². The molecule has 0 bridgehead atoms. The number of amides is 3. The van der Waals surface area contributed by atoms with Crippen molar-refractivity contribution in [2.45, 2.75) is 19.8 Å². The third-order valence-corrected chi connectivity index (χ3v) is 4.05. The third-order valence-electron chi connectivity index (χ3n) is 4.05. The number of aryl methyl sites for hydroxylation is 1. The molecule has 130 valence electrons. The Morgan fingerprint density at radius 3 is 2.52 bits per heavy atom. The molecule has 0 saturated carbocycles. The molecule has 2 aromatic carbocycles. The van der Waals surface area contributed by atoms with Crippen molar-refractivity contribution in [3.63, 3.8) is 0 Å². The second kappa shape index (κ2) is 6.88. The summed E-state index contributed by atoms with van der Waals surface area (Å²) in [6.45, 7) is 2.47. The molecule has 0 atom stereocenters. The summed E-state index contributed by atoms with van der Waals surface area (Å²) in [5, 5.41) is 4.72. The second-order valence-corrected chi connectivity index (χ2v) is 5.66. The van der Waals surface area contributed by atoms with Crippen LogP contribution >= 0.6 is 0 Å². The maximum atomic E-state index is 13.6. The summed E-state index contributed by atoms with van der Waals surface area (Å²) in [5.74, 6) is -1.63. The molecule has 1 aliphatic rings. The molecule has 3 rings (SSSR count). The van der Waals surface area contributed by atoms with E-state index in [9.17, 15) is 18.4 Å². The highest BCUT2D eigenvalue weighted by Crippen LogP contribution is 2.30. The molecule has 2 N–H and O–H groups in total. The van der Waals surface area contributed by atoms with Gasteiger partial charge in [-0.25, -0.2) is 13.6 Å². The Labute approximate surface area is 143 Å². The number of urea groups is 1. The van der Waals surface area contributed by atoms with E-state index in [4.69, 9.17) is 0 Å². The summed E-state index contributed by atoms with van der Waals surface area (Å²) in [7, 11) is 0. The van der Waals surface area contributed by atoms with Crippen molar-refractivity contribution in [1.29, 1.82) is 0 Å². The maximum absolute atomic E-state index is 13.6. The first kappa shape index (κ1) is 16.9. The van der Waals surface area contributed by atoms with Crippen molar-refractivity contribution in [3.05, 3.63) is 53.6 Å². The molecule has 0 aliphatic carbocycles. The number of nitrogens with zero attached hydrogens (tertiary/aromatic N) is 1. The largest absolute Gasteiger partial charge is 0.323 e. The van der Waals surface area contributed by atoms with Gasteiger partial charge in [-0.15, -0.1) is 0 Å². The maximum Gasteiger partial charge on any atom is 0.323 e. The van der Waals surface area contributed by atoms with Crippen molar-refractivity contribution in [1.82, 2.24) is 0 Å². The number of para-hydroxylation sites is 1. The fourth-order valence-corrected chi connectivity index (χ4v) is 2.88. The fraction of sp³-hybridized carbons (Fsp3) is 0.222. The molecule has 3 amide bonds. The zero-order valence-corrected chi connectivity index (χ0v) is 13.6. The van der Waals surface area contributed by atoms with E-state index >= 15 is 0 Å². The van der Waals surface area contributed by atoms with Crippen LogP contribution in [0.5, 0.6) is 0 Å². The van der Waals surface area contributed by atoms with Gasteiger partial charge in [-0.05, 0) is 49.2 Å². The van der Waals surface area contributed by atoms with Gasteiger partial charge in [-0.2, -0.15) is 0 Å². The molecule has 7 heteroatoms. The number of hydrogen-bond acceptors (Lipinski definition) is 2. The van der Waals surface area contributed by atoms with Gasteiger partial charge in [-0.3, -0.25) is 4.79 Å². The lowest BCUT2D eigenvalue weighted by molar-refractivity contribution is -0.118. The molecule has 1 heterocycles. The Morgan fingerprint density at radius 2 is 1.84 bits per heavy atom. The number of benzene rings is 2. The van der Waals surface area contributed by atoms with Crippen molar-refractivity contribution in [2.24, 2.45) is 0 Å². The Morgan fingerprint density at radius 1 is 1.12 bits per heavy atom. The summed E-state index contributed by atoms with van der Waals surface area (Å²) in [5.41, 5.74) is 1.75. The number of rotatable bonds is 3. The first-order chi connectivity index (χ1) is 12.0.